The first-order valence-corrected chi connectivity index (χ1v) is 14.3. The van der Waals surface area contributed by atoms with Gasteiger partial charge in [0.25, 0.3) is 0 Å². The average molecular weight is 575 g/mol. The largest absolute Gasteiger partial charge is 0.389 e. The number of thiazole rings is 1. The molecule has 1 aliphatic rings. The van der Waals surface area contributed by atoms with E-state index in [4.69, 9.17) is 0 Å². The second-order valence-corrected chi connectivity index (χ2v) is 11.1. The van der Waals surface area contributed by atoms with Crippen molar-refractivity contribution in [2.75, 3.05) is 6.54 Å². The number of fused-ring (bicyclic) bond motifs is 1. The Morgan fingerprint density at radius 2 is 1.77 bits per heavy atom. The molecular formula is C29H33F3N4O3S. The third-order valence-corrected chi connectivity index (χ3v) is 8.18. The van der Waals surface area contributed by atoms with Gasteiger partial charge in [0.2, 0.25) is 17.7 Å². The maximum absolute atomic E-state index is 13.3. The van der Waals surface area contributed by atoms with Gasteiger partial charge in [0.15, 0.2) is 0 Å². The van der Waals surface area contributed by atoms with Crippen molar-refractivity contribution in [2.45, 2.75) is 76.2 Å². The first-order chi connectivity index (χ1) is 19.1. The molecular weight excluding hydrogens is 541 g/mol. The molecule has 3 aromatic rings. The van der Waals surface area contributed by atoms with E-state index in [-0.39, 0.29) is 37.6 Å². The standard InChI is InChI=1S/C29H33F3N4O3S/c1-19(28-35-21-11-5-6-13-24(21)40-28)33-27(39)22(34-25(37)14-7-17-29(30,31)32)15-16-26(38)36-18-8-12-23(36)20-9-3-2-4-10-20/h2-6,9-11,13,19,22-23H,7-8,12,14-18H2,1H3,(H,33,39)(H,34,37)/t19-,22-,23+/m0/s1. The van der Waals surface area contributed by atoms with Crippen LogP contribution in [0.1, 0.15) is 74.5 Å². The van der Waals surface area contributed by atoms with Crippen LogP contribution in [0.2, 0.25) is 0 Å². The number of rotatable bonds is 11. The minimum absolute atomic E-state index is 0.0137. The smallest absolute Gasteiger partial charge is 0.345 e. The van der Waals surface area contributed by atoms with Crippen LogP contribution in [0.15, 0.2) is 54.6 Å². The molecule has 2 heterocycles. The van der Waals surface area contributed by atoms with Crippen LogP contribution in [-0.4, -0.2) is 46.4 Å². The van der Waals surface area contributed by atoms with Crippen LogP contribution in [0.3, 0.4) is 0 Å². The highest BCUT2D eigenvalue weighted by atomic mass is 32.1. The van der Waals surface area contributed by atoms with Crippen molar-refractivity contribution in [3.05, 3.63) is 65.2 Å². The van der Waals surface area contributed by atoms with Crippen LogP contribution in [0.5, 0.6) is 0 Å². The number of nitrogens with zero attached hydrogens (tertiary/aromatic N) is 2. The molecule has 0 unspecified atom stereocenters. The summed E-state index contributed by atoms with van der Waals surface area (Å²) in [5.74, 6) is -1.30. The predicted octanol–water partition coefficient (Wildman–Crippen LogP) is 5.83. The van der Waals surface area contributed by atoms with Crippen LogP contribution in [0.25, 0.3) is 10.2 Å². The second-order valence-electron chi connectivity index (χ2n) is 10.0. The Balaban J connectivity index is 1.41. The Morgan fingerprint density at radius 3 is 2.50 bits per heavy atom. The molecule has 1 saturated heterocycles. The maximum atomic E-state index is 13.3. The van der Waals surface area contributed by atoms with Crippen molar-refractivity contribution in [1.82, 2.24) is 20.5 Å². The molecule has 7 nitrogen and oxygen atoms in total. The lowest BCUT2D eigenvalue weighted by Crippen LogP contribution is -2.48. The van der Waals surface area contributed by atoms with Crippen molar-refractivity contribution in [1.29, 1.82) is 0 Å². The summed E-state index contributed by atoms with van der Waals surface area (Å²) in [6.07, 6.45) is -4.44. The molecule has 40 heavy (non-hydrogen) atoms. The molecule has 0 aliphatic carbocycles. The molecule has 2 aromatic carbocycles. The number of aromatic nitrogens is 1. The van der Waals surface area contributed by atoms with Gasteiger partial charge in [0.05, 0.1) is 22.3 Å². The number of halogens is 3. The second kappa shape index (κ2) is 13.3. The zero-order valence-electron chi connectivity index (χ0n) is 22.2. The van der Waals surface area contributed by atoms with Gasteiger partial charge in [0.1, 0.15) is 11.0 Å². The van der Waals surface area contributed by atoms with Gasteiger partial charge < -0.3 is 15.5 Å². The van der Waals surface area contributed by atoms with Gasteiger partial charge in [-0.15, -0.1) is 11.3 Å². The molecule has 0 spiro atoms. The predicted molar refractivity (Wildman–Crippen MR) is 147 cm³/mol. The third-order valence-electron chi connectivity index (χ3n) is 6.96. The van der Waals surface area contributed by atoms with Crippen LogP contribution < -0.4 is 10.6 Å². The van der Waals surface area contributed by atoms with Gasteiger partial charge in [-0.1, -0.05) is 42.5 Å². The van der Waals surface area contributed by atoms with Gasteiger partial charge in [-0.3, -0.25) is 14.4 Å². The highest BCUT2D eigenvalue weighted by molar-refractivity contribution is 7.18. The molecule has 1 aliphatic heterocycles. The van der Waals surface area contributed by atoms with E-state index < -0.39 is 36.5 Å². The van der Waals surface area contributed by atoms with Crippen molar-refractivity contribution in [2.24, 2.45) is 0 Å². The topological polar surface area (TPSA) is 91.4 Å². The fourth-order valence-corrected chi connectivity index (χ4v) is 5.90. The number of benzene rings is 2. The van der Waals surface area contributed by atoms with Crippen molar-refractivity contribution < 1.29 is 27.6 Å². The zero-order chi connectivity index (χ0) is 28.7. The summed E-state index contributed by atoms with van der Waals surface area (Å²) in [5, 5.41) is 6.11. The highest BCUT2D eigenvalue weighted by Gasteiger charge is 2.32. The summed E-state index contributed by atoms with van der Waals surface area (Å²) < 4.78 is 38.6. The third kappa shape index (κ3) is 8.03. The van der Waals surface area contributed by atoms with Gasteiger partial charge in [0, 0.05) is 25.8 Å². The van der Waals surface area contributed by atoms with Crippen LogP contribution >= 0.6 is 11.3 Å². The van der Waals surface area contributed by atoms with Crippen molar-refractivity contribution in [3.8, 4) is 0 Å². The van der Waals surface area contributed by atoms with Crippen molar-refractivity contribution in [3.63, 3.8) is 0 Å². The Morgan fingerprint density at radius 1 is 1.05 bits per heavy atom. The lowest BCUT2D eigenvalue weighted by atomic mass is 10.0. The number of hydrogen-bond acceptors (Lipinski definition) is 5. The lowest BCUT2D eigenvalue weighted by molar-refractivity contribution is -0.139. The molecule has 1 fully saturated rings. The first-order valence-electron chi connectivity index (χ1n) is 13.5. The molecule has 4 rings (SSSR count). The molecule has 0 bridgehead atoms. The number of alkyl halides is 3. The summed E-state index contributed by atoms with van der Waals surface area (Å²) in [5.41, 5.74) is 1.85. The quantitative estimate of drug-likeness (QED) is 0.301. The van der Waals surface area contributed by atoms with Gasteiger partial charge in [-0.25, -0.2) is 4.98 Å². The molecule has 2 N–H and O–H groups in total. The van der Waals surface area contributed by atoms with E-state index in [1.54, 1.807) is 11.8 Å². The van der Waals surface area contributed by atoms with E-state index in [1.165, 1.54) is 11.3 Å². The fraction of sp³-hybridized carbons (Fsp3) is 0.448. The fourth-order valence-electron chi connectivity index (χ4n) is 4.93. The molecule has 1 aromatic heterocycles. The lowest BCUT2D eigenvalue weighted by Gasteiger charge is -2.26. The summed E-state index contributed by atoms with van der Waals surface area (Å²) in [6.45, 7) is 2.38. The first kappa shape index (κ1) is 29.5. The van der Waals surface area contributed by atoms with Gasteiger partial charge in [-0.05, 0) is 50.3 Å². The van der Waals surface area contributed by atoms with Gasteiger partial charge >= 0.3 is 6.18 Å². The van der Waals surface area contributed by atoms with E-state index in [0.717, 1.165) is 28.6 Å². The summed E-state index contributed by atoms with van der Waals surface area (Å²) in [7, 11) is 0. The Labute approximate surface area is 235 Å². The van der Waals surface area contributed by atoms with Crippen molar-refractivity contribution >= 4 is 39.3 Å². The van der Waals surface area contributed by atoms with Crippen LogP contribution in [0, 0.1) is 0 Å². The Bertz CT molecular complexity index is 1280. The van der Waals surface area contributed by atoms with Gasteiger partial charge in [-0.2, -0.15) is 13.2 Å². The van der Waals surface area contributed by atoms with E-state index in [2.05, 4.69) is 15.6 Å². The van der Waals surface area contributed by atoms with Crippen LogP contribution in [0.4, 0.5) is 13.2 Å². The molecule has 0 saturated carbocycles. The van der Waals surface area contributed by atoms with E-state index >= 15 is 0 Å². The minimum atomic E-state index is -4.36. The molecule has 214 valence electrons. The molecule has 11 heteroatoms. The number of likely N-dealkylation sites (tertiary alicyclic amines) is 1. The highest BCUT2D eigenvalue weighted by Crippen LogP contribution is 2.32. The number of para-hydroxylation sites is 1. The Kier molecular flexibility index (Phi) is 9.78. The van der Waals surface area contributed by atoms with E-state index in [0.29, 0.717) is 11.6 Å². The summed E-state index contributed by atoms with van der Waals surface area (Å²) >= 11 is 1.44. The number of carbonyl (C=O) groups is 3. The molecule has 3 atom stereocenters. The van der Waals surface area contributed by atoms with E-state index in [9.17, 15) is 27.6 Å². The minimum Gasteiger partial charge on any atom is -0.345 e. The maximum Gasteiger partial charge on any atom is 0.389 e. The van der Waals surface area contributed by atoms with E-state index in [1.807, 2.05) is 54.6 Å². The zero-order valence-corrected chi connectivity index (χ0v) is 23.1. The average Bonchev–Trinajstić information content (AvgIpc) is 3.58. The number of amides is 3. The normalized spacial score (nSPS) is 17.0. The number of carbonyl (C=O) groups excluding carboxylic acids is 3. The monoisotopic (exact) mass is 574 g/mol. The number of hydrogen-bond donors (Lipinski definition) is 2. The number of nitrogens with one attached hydrogen (secondary N) is 2. The van der Waals surface area contributed by atoms with Crippen LogP contribution in [-0.2, 0) is 14.4 Å². The summed E-state index contributed by atoms with van der Waals surface area (Å²) in [4.78, 5) is 45.3. The SMILES string of the molecule is C[C@H](NC(=O)[C@H](CCC(=O)N1CCC[C@@H]1c1ccccc1)NC(=O)CCCC(F)(F)F)c1nc2ccccc2s1. The summed E-state index contributed by atoms with van der Waals surface area (Å²) in [6, 6.07) is 15.7. The Hall–Kier alpha value is -3.47. The molecule has 3 amide bonds. The molecule has 0 radical (unpaired) electrons.